The molecule has 2 heterocycles. The first-order chi connectivity index (χ1) is 10.8. The van der Waals surface area contributed by atoms with E-state index in [-0.39, 0.29) is 17.7 Å². The molecule has 1 aromatic rings. The maximum Gasteiger partial charge on any atom is 0.223 e. The number of nitrogens with one attached hydrogen (secondary N) is 1. The van der Waals surface area contributed by atoms with Crippen LogP contribution in [0.4, 0.5) is 0 Å². The number of thiazole rings is 1. The van der Waals surface area contributed by atoms with Crippen molar-refractivity contribution in [3.8, 4) is 0 Å². The normalized spacial score (nSPS) is 19.7. The maximum absolute atomic E-state index is 12.3. The fourth-order valence-corrected chi connectivity index (χ4v) is 3.28. The summed E-state index contributed by atoms with van der Waals surface area (Å²) in [6.07, 6.45) is 1.75. The molecule has 1 saturated heterocycles. The van der Waals surface area contributed by atoms with Crippen LogP contribution in [0.5, 0.6) is 0 Å². The van der Waals surface area contributed by atoms with Crippen LogP contribution in [-0.4, -0.2) is 46.1 Å². The van der Waals surface area contributed by atoms with Crippen LogP contribution in [0.1, 0.15) is 44.3 Å². The molecule has 130 valence electrons. The van der Waals surface area contributed by atoms with Crippen molar-refractivity contribution >= 4 is 17.2 Å². The second-order valence-corrected chi connectivity index (χ2v) is 8.20. The third-order valence-corrected chi connectivity index (χ3v) is 5.70. The molecule has 0 spiro atoms. The van der Waals surface area contributed by atoms with Crippen LogP contribution in [0, 0.1) is 18.8 Å². The predicted octanol–water partition coefficient (Wildman–Crippen LogP) is 2.19. The summed E-state index contributed by atoms with van der Waals surface area (Å²) in [4.78, 5) is 19.1. The van der Waals surface area contributed by atoms with Gasteiger partial charge in [-0.25, -0.2) is 4.98 Å². The smallest absolute Gasteiger partial charge is 0.223 e. The van der Waals surface area contributed by atoms with Crippen LogP contribution in [0.15, 0.2) is 5.38 Å². The first-order valence-electron chi connectivity index (χ1n) is 8.41. The summed E-state index contributed by atoms with van der Waals surface area (Å²) in [6, 6.07) is 0. The number of carbonyl (C=O) groups excluding carboxylic acids is 1. The molecule has 5 nitrogen and oxygen atoms in total. The van der Waals surface area contributed by atoms with Gasteiger partial charge in [-0.05, 0) is 45.7 Å². The van der Waals surface area contributed by atoms with Crippen molar-refractivity contribution in [3.05, 3.63) is 16.1 Å². The molecule has 2 N–H and O–H groups in total. The summed E-state index contributed by atoms with van der Waals surface area (Å²) in [5.41, 5.74) is 0.280. The number of hydrogen-bond acceptors (Lipinski definition) is 5. The first kappa shape index (κ1) is 18.4. The minimum absolute atomic E-state index is 0.0615. The SMILES string of the molecule is Cc1nc(CN2CCC(C(=O)NCC(C)(O)C(C)C)CC2)cs1. The summed E-state index contributed by atoms with van der Waals surface area (Å²) < 4.78 is 0. The van der Waals surface area contributed by atoms with Crippen molar-refractivity contribution in [1.29, 1.82) is 0 Å². The Labute approximate surface area is 143 Å². The lowest BCUT2D eigenvalue weighted by molar-refractivity contribution is -0.128. The van der Waals surface area contributed by atoms with Crippen molar-refractivity contribution in [3.63, 3.8) is 0 Å². The minimum atomic E-state index is -0.848. The van der Waals surface area contributed by atoms with Gasteiger partial charge in [0.1, 0.15) is 0 Å². The first-order valence-corrected chi connectivity index (χ1v) is 9.29. The summed E-state index contributed by atoms with van der Waals surface area (Å²) in [5.74, 6) is 0.257. The van der Waals surface area contributed by atoms with Crippen LogP contribution in [-0.2, 0) is 11.3 Å². The van der Waals surface area contributed by atoms with Gasteiger partial charge in [-0.2, -0.15) is 0 Å². The lowest BCUT2D eigenvalue weighted by Gasteiger charge is -2.32. The van der Waals surface area contributed by atoms with Crippen LogP contribution in [0.25, 0.3) is 0 Å². The molecule has 1 unspecified atom stereocenters. The van der Waals surface area contributed by atoms with E-state index in [2.05, 4.69) is 20.6 Å². The Kier molecular flexibility index (Phi) is 6.17. The van der Waals surface area contributed by atoms with E-state index >= 15 is 0 Å². The Hall–Kier alpha value is -0.980. The highest BCUT2D eigenvalue weighted by atomic mass is 32.1. The fraction of sp³-hybridized carbons (Fsp3) is 0.765. The number of nitrogens with zero attached hydrogens (tertiary/aromatic N) is 2. The zero-order valence-corrected chi connectivity index (χ0v) is 15.4. The van der Waals surface area contributed by atoms with Gasteiger partial charge < -0.3 is 10.4 Å². The molecule has 23 heavy (non-hydrogen) atoms. The highest BCUT2D eigenvalue weighted by Gasteiger charge is 2.29. The highest BCUT2D eigenvalue weighted by molar-refractivity contribution is 7.09. The van der Waals surface area contributed by atoms with E-state index in [1.165, 1.54) is 0 Å². The van der Waals surface area contributed by atoms with Gasteiger partial charge >= 0.3 is 0 Å². The van der Waals surface area contributed by atoms with E-state index in [1.807, 2.05) is 20.8 Å². The number of hydrogen-bond donors (Lipinski definition) is 2. The Balaban J connectivity index is 1.74. The zero-order valence-electron chi connectivity index (χ0n) is 14.6. The third-order valence-electron chi connectivity index (χ3n) is 4.87. The van der Waals surface area contributed by atoms with Gasteiger partial charge in [0.25, 0.3) is 0 Å². The van der Waals surface area contributed by atoms with Crippen molar-refractivity contribution in [2.24, 2.45) is 11.8 Å². The monoisotopic (exact) mass is 339 g/mol. The number of rotatable bonds is 6. The van der Waals surface area contributed by atoms with Crippen molar-refractivity contribution in [2.75, 3.05) is 19.6 Å². The zero-order chi connectivity index (χ0) is 17.0. The molecule has 1 aliphatic rings. The second-order valence-electron chi connectivity index (χ2n) is 7.14. The van der Waals surface area contributed by atoms with E-state index in [9.17, 15) is 9.90 Å². The molecule has 1 aliphatic heterocycles. The summed E-state index contributed by atoms with van der Waals surface area (Å²) in [7, 11) is 0. The van der Waals surface area contributed by atoms with Crippen molar-refractivity contribution in [2.45, 2.75) is 52.7 Å². The Morgan fingerprint density at radius 3 is 2.70 bits per heavy atom. The highest BCUT2D eigenvalue weighted by Crippen LogP contribution is 2.21. The lowest BCUT2D eigenvalue weighted by atomic mass is 9.91. The van der Waals surface area contributed by atoms with E-state index in [1.54, 1.807) is 18.3 Å². The van der Waals surface area contributed by atoms with Gasteiger partial charge in [0.05, 0.1) is 16.3 Å². The van der Waals surface area contributed by atoms with Gasteiger partial charge in [-0.15, -0.1) is 11.3 Å². The fourth-order valence-electron chi connectivity index (χ4n) is 2.68. The van der Waals surface area contributed by atoms with Crippen LogP contribution in [0.2, 0.25) is 0 Å². The molecule has 0 aliphatic carbocycles. The number of likely N-dealkylation sites (tertiary alicyclic amines) is 1. The quantitative estimate of drug-likeness (QED) is 0.834. The molecule has 0 saturated carbocycles. The number of amides is 1. The Bertz CT molecular complexity index is 520. The molecule has 0 radical (unpaired) electrons. The van der Waals surface area contributed by atoms with E-state index in [0.29, 0.717) is 6.54 Å². The Morgan fingerprint density at radius 1 is 1.52 bits per heavy atom. The van der Waals surface area contributed by atoms with Gasteiger partial charge in [-0.1, -0.05) is 13.8 Å². The summed E-state index contributed by atoms with van der Waals surface area (Å²) in [6.45, 7) is 10.8. The van der Waals surface area contributed by atoms with Gasteiger partial charge in [0.15, 0.2) is 0 Å². The molecule has 6 heteroatoms. The molecule has 1 fully saturated rings. The average molecular weight is 340 g/mol. The van der Waals surface area contributed by atoms with Crippen molar-refractivity contribution < 1.29 is 9.90 Å². The molecular formula is C17H29N3O2S. The minimum Gasteiger partial charge on any atom is -0.388 e. The molecule has 1 aromatic heterocycles. The van der Waals surface area contributed by atoms with Crippen LogP contribution >= 0.6 is 11.3 Å². The molecule has 0 aromatic carbocycles. The van der Waals surface area contributed by atoms with Gasteiger partial charge in [0.2, 0.25) is 5.91 Å². The van der Waals surface area contributed by atoms with Crippen LogP contribution < -0.4 is 5.32 Å². The molecular weight excluding hydrogens is 310 g/mol. The van der Waals surface area contributed by atoms with Gasteiger partial charge in [-0.3, -0.25) is 9.69 Å². The maximum atomic E-state index is 12.3. The third kappa shape index (κ3) is 5.26. The predicted molar refractivity (Wildman–Crippen MR) is 93.3 cm³/mol. The van der Waals surface area contributed by atoms with E-state index < -0.39 is 5.60 Å². The number of aryl methyl sites for hydroxylation is 1. The standard InChI is InChI=1S/C17H29N3O2S/c1-12(2)17(4,22)11-18-16(21)14-5-7-20(8-6-14)9-15-10-23-13(3)19-15/h10,12,14,22H,5-9,11H2,1-4H3,(H,18,21). The summed E-state index contributed by atoms with van der Waals surface area (Å²) >= 11 is 1.68. The molecule has 2 rings (SSSR count). The number of carbonyl (C=O) groups is 1. The number of aliphatic hydroxyl groups is 1. The summed E-state index contributed by atoms with van der Waals surface area (Å²) in [5, 5.41) is 16.4. The van der Waals surface area contributed by atoms with Crippen LogP contribution in [0.3, 0.4) is 0 Å². The van der Waals surface area contributed by atoms with Crippen molar-refractivity contribution in [1.82, 2.24) is 15.2 Å². The van der Waals surface area contributed by atoms with E-state index in [4.69, 9.17) is 0 Å². The van der Waals surface area contributed by atoms with E-state index in [0.717, 1.165) is 43.2 Å². The molecule has 1 amide bonds. The largest absolute Gasteiger partial charge is 0.388 e. The lowest BCUT2D eigenvalue weighted by Crippen LogP contribution is -2.47. The second kappa shape index (κ2) is 7.73. The molecule has 0 bridgehead atoms. The Morgan fingerprint density at radius 2 is 2.17 bits per heavy atom. The van der Waals surface area contributed by atoms with Gasteiger partial charge in [0, 0.05) is 24.4 Å². The molecule has 1 atom stereocenters. The number of piperidine rings is 1. The average Bonchev–Trinajstić information content (AvgIpc) is 2.90. The number of aromatic nitrogens is 1. The topological polar surface area (TPSA) is 65.5 Å².